The second-order valence-electron chi connectivity index (χ2n) is 4.45. The molecular formula is C14H16N2O2S. The molecule has 1 aromatic carbocycles. The minimum atomic E-state index is 0.577. The fourth-order valence-electron chi connectivity index (χ4n) is 2.02. The highest BCUT2D eigenvalue weighted by molar-refractivity contribution is 7.11. The number of thiophene rings is 1. The summed E-state index contributed by atoms with van der Waals surface area (Å²) in [5, 5.41) is 3.34. The summed E-state index contributed by atoms with van der Waals surface area (Å²) >= 11 is 1.78. The van der Waals surface area contributed by atoms with Gasteiger partial charge in [-0.25, -0.2) is 0 Å². The summed E-state index contributed by atoms with van der Waals surface area (Å²) in [5.74, 6) is 1.48. The number of hydrogen-bond acceptors (Lipinski definition) is 5. The van der Waals surface area contributed by atoms with Crippen LogP contribution in [0.1, 0.15) is 9.75 Å². The van der Waals surface area contributed by atoms with Crippen LogP contribution >= 0.6 is 11.3 Å². The molecule has 0 fully saturated rings. The molecule has 0 radical (unpaired) electrons. The van der Waals surface area contributed by atoms with Gasteiger partial charge in [0.1, 0.15) is 13.2 Å². The van der Waals surface area contributed by atoms with Crippen molar-refractivity contribution in [3.8, 4) is 11.5 Å². The molecule has 1 aliphatic rings. The predicted octanol–water partition coefficient (Wildman–Crippen LogP) is 3.02. The third kappa shape index (κ3) is 2.61. The molecule has 0 bridgehead atoms. The summed E-state index contributed by atoms with van der Waals surface area (Å²) in [4.78, 5) is 2.60. The van der Waals surface area contributed by atoms with Crippen LogP contribution in [0.4, 0.5) is 11.4 Å². The van der Waals surface area contributed by atoms with Gasteiger partial charge in [0.05, 0.1) is 11.4 Å². The molecule has 3 N–H and O–H groups in total. The van der Waals surface area contributed by atoms with Crippen LogP contribution in [0.15, 0.2) is 24.3 Å². The van der Waals surface area contributed by atoms with Gasteiger partial charge in [0.15, 0.2) is 11.5 Å². The molecule has 100 valence electrons. The smallest absolute Gasteiger partial charge is 0.163 e. The van der Waals surface area contributed by atoms with Crippen LogP contribution in [0.2, 0.25) is 0 Å². The van der Waals surface area contributed by atoms with Crippen molar-refractivity contribution in [2.24, 2.45) is 0 Å². The van der Waals surface area contributed by atoms with Crippen LogP contribution < -0.4 is 20.5 Å². The van der Waals surface area contributed by atoms with Gasteiger partial charge in [-0.15, -0.1) is 11.3 Å². The second-order valence-corrected chi connectivity index (χ2v) is 5.82. The lowest BCUT2D eigenvalue weighted by Gasteiger charge is -2.20. The third-order valence-corrected chi connectivity index (χ3v) is 3.96. The molecule has 0 aliphatic carbocycles. The maximum Gasteiger partial charge on any atom is 0.163 e. The molecule has 4 nitrogen and oxygen atoms in total. The molecule has 3 rings (SSSR count). The van der Waals surface area contributed by atoms with Gasteiger partial charge in [-0.1, -0.05) is 0 Å². The monoisotopic (exact) mass is 276 g/mol. The van der Waals surface area contributed by atoms with Crippen molar-refractivity contribution in [1.82, 2.24) is 0 Å². The van der Waals surface area contributed by atoms with E-state index < -0.39 is 0 Å². The van der Waals surface area contributed by atoms with E-state index in [9.17, 15) is 0 Å². The molecule has 0 atom stereocenters. The zero-order valence-electron chi connectivity index (χ0n) is 10.7. The van der Waals surface area contributed by atoms with E-state index in [2.05, 4.69) is 24.4 Å². The maximum atomic E-state index is 6.02. The highest BCUT2D eigenvalue weighted by Gasteiger charge is 2.14. The van der Waals surface area contributed by atoms with Gasteiger partial charge in [-0.2, -0.15) is 0 Å². The molecule has 0 spiro atoms. The fourth-order valence-corrected chi connectivity index (χ4v) is 2.85. The highest BCUT2D eigenvalue weighted by Crippen LogP contribution is 2.37. The zero-order chi connectivity index (χ0) is 13.2. The Balaban J connectivity index is 1.77. The van der Waals surface area contributed by atoms with Crippen molar-refractivity contribution in [3.63, 3.8) is 0 Å². The van der Waals surface area contributed by atoms with Crippen molar-refractivity contribution in [2.75, 3.05) is 24.3 Å². The van der Waals surface area contributed by atoms with E-state index in [1.54, 1.807) is 11.3 Å². The van der Waals surface area contributed by atoms with Gasteiger partial charge in [0, 0.05) is 28.4 Å². The Kier molecular flexibility index (Phi) is 3.21. The van der Waals surface area contributed by atoms with Crippen LogP contribution in [0, 0.1) is 6.92 Å². The zero-order valence-corrected chi connectivity index (χ0v) is 11.5. The molecule has 1 aromatic heterocycles. The number of aryl methyl sites for hydroxylation is 1. The first-order valence-electron chi connectivity index (χ1n) is 6.21. The van der Waals surface area contributed by atoms with E-state index in [1.807, 2.05) is 12.1 Å². The van der Waals surface area contributed by atoms with Crippen LogP contribution in [-0.2, 0) is 6.54 Å². The van der Waals surface area contributed by atoms with Gasteiger partial charge in [0.25, 0.3) is 0 Å². The summed E-state index contributed by atoms with van der Waals surface area (Å²) in [6, 6.07) is 7.97. The van der Waals surface area contributed by atoms with Crippen LogP contribution in [-0.4, -0.2) is 13.2 Å². The molecular weight excluding hydrogens is 260 g/mol. The van der Waals surface area contributed by atoms with Crippen LogP contribution in [0.5, 0.6) is 11.5 Å². The molecule has 5 heteroatoms. The number of nitrogens with two attached hydrogens (primary N) is 1. The summed E-state index contributed by atoms with van der Waals surface area (Å²) in [6.07, 6.45) is 0. The topological polar surface area (TPSA) is 56.5 Å². The lowest BCUT2D eigenvalue weighted by Crippen LogP contribution is -2.16. The average Bonchev–Trinajstić information content (AvgIpc) is 2.82. The summed E-state index contributed by atoms with van der Waals surface area (Å²) < 4.78 is 11.1. The molecule has 0 unspecified atom stereocenters. The highest BCUT2D eigenvalue weighted by atomic mass is 32.1. The van der Waals surface area contributed by atoms with E-state index >= 15 is 0 Å². The lowest BCUT2D eigenvalue weighted by atomic mass is 10.2. The van der Waals surface area contributed by atoms with Crippen molar-refractivity contribution >= 4 is 22.7 Å². The first kappa shape index (κ1) is 12.2. The summed E-state index contributed by atoms with van der Waals surface area (Å²) in [6.45, 7) is 4.03. The lowest BCUT2D eigenvalue weighted by molar-refractivity contribution is 0.172. The molecule has 0 saturated carbocycles. The maximum absolute atomic E-state index is 6.02. The molecule has 0 amide bonds. The number of benzene rings is 1. The SMILES string of the molecule is Cc1ccc(CNc2cc3c(cc2N)OCCO3)s1. The molecule has 0 saturated heterocycles. The quantitative estimate of drug-likeness (QED) is 0.846. The molecule has 2 heterocycles. The van der Waals surface area contributed by atoms with E-state index in [-0.39, 0.29) is 0 Å². The van der Waals surface area contributed by atoms with Crippen molar-refractivity contribution < 1.29 is 9.47 Å². The Morgan fingerprint density at radius 2 is 1.95 bits per heavy atom. The molecule has 2 aromatic rings. The summed E-state index contributed by atoms with van der Waals surface area (Å²) in [7, 11) is 0. The fraction of sp³-hybridized carbons (Fsp3) is 0.286. The first-order valence-corrected chi connectivity index (χ1v) is 7.02. The van der Waals surface area contributed by atoms with Crippen LogP contribution in [0.3, 0.4) is 0 Å². The molecule has 1 aliphatic heterocycles. The van der Waals surface area contributed by atoms with Gasteiger partial charge in [-0.3, -0.25) is 0 Å². The number of anilines is 2. The van der Waals surface area contributed by atoms with Crippen LogP contribution in [0.25, 0.3) is 0 Å². The normalized spacial score (nSPS) is 13.3. The Labute approximate surface area is 116 Å². The van der Waals surface area contributed by atoms with Crippen molar-refractivity contribution in [1.29, 1.82) is 0 Å². The average molecular weight is 276 g/mol. The minimum absolute atomic E-state index is 0.577. The van der Waals surface area contributed by atoms with E-state index in [4.69, 9.17) is 15.2 Å². The number of nitrogens with one attached hydrogen (secondary N) is 1. The number of hydrogen-bond donors (Lipinski definition) is 2. The Hall–Kier alpha value is -1.88. The number of ether oxygens (including phenoxy) is 2. The van der Waals surface area contributed by atoms with Gasteiger partial charge >= 0.3 is 0 Å². The van der Waals surface area contributed by atoms with E-state index in [0.717, 1.165) is 23.7 Å². The van der Waals surface area contributed by atoms with E-state index in [0.29, 0.717) is 18.9 Å². The summed E-state index contributed by atoms with van der Waals surface area (Å²) in [5.41, 5.74) is 7.58. The minimum Gasteiger partial charge on any atom is -0.486 e. The number of fused-ring (bicyclic) bond motifs is 1. The largest absolute Gasteiger partial charge is 0.486 e. The Bertz CT molecular complexity index is 595. The standard InChI is InChI=1S/C14H16N2O2S/c1-9-2-3-10(19-9)8-16-12-7-14-13(6-11(12)15)17-4-5-18-14/h2-3,6-7,16H,4-5,8,15H2,1H3. The van der Waals surface area contributed by atoms with Crippen molar-refractivity contribution in [3.05, 3.63) is 34.0 Å². The molecule has 19 heavy (non-hydrogen) atoms. The number of rotatable bonds is 3. The number of nitrogen functional groups attached to an aromatic ring is 1. The Morgan fingerprint density at radius 3 is 2.63 bits per heavy atom. The predicted molar refractivity (Wildman–Crippen MR) is 78.2 cm³/mol. The van der Waals surface area contributed by atoms with Gasteiger partial charge in [0.2, 0.25) is 0 Å². The van der Waals surface area contributed by atoms with Crippen molar-refractivity contribution in [2.45, 2.75) is 13.5 Å². The first-order chi connectivity index (χ1) is 9.22. The Morgan fingerprint density at radius 1 is 1.21 bits per heavy atom. The van der Waals surface area contributed by atoms with Gasteiger partial charge < -0.3 is 20.5 Å². The third-order valence-electron chi connectivity index (χ3n) is 2.96. The van der Waals surface area contributed by atoms with E-state index in [1.165, 1.54) is 9.75 Å². The van der Waals surface area contributed by atoms with Gasteiger partial charge in [-0.05, 0) is 19.1 Å². The second kappa shape index (κ2) is 5.01.